The molecule has 0 aromatic rings. The van der Waals surface area contributed by atoms with Crippen molar-refractivity contribution in [3.63, 3.8) is 0 Å². The van der Waals surface area contributed by atoms with Gasteiger partial charge in [-0.05, 0) is 19.4 Å². The number of rotatable bonds is 3. The Bertz CT molecular complexity index is 179. The topological polar surface area (TPSA) is 65.8 Å². The fourth-order valence-corrected chi connectivity index (χ4v) is 0.600. The third-order valence-corrected chi connectivity index (χ3v) is 1.30. The first kappa shape index (κ1) is 8.98. The molecule has 0 bridgehead atoms. The predicted octanol–water partition coefficient (Wildman–Crippen LogP) is 2.05. The van der Waals surface area contributed by atoms with Crippen LogP contribution in [0.3, 0.4) is 0 Å². The number of hydrogen-bond acceptors (Lipinski definition) is 2. The number of ketones is 1. The summed E-state index contributed by atoms with van der Waals surface area (Å²) in [6.07, 6.45) is 0.409. The molecule has 0 heterocycles. The zero-order valence-corrected chi connectivity index (χ0v) is 6.46. The standard InChI is InChI=1S/C6H11N3O/c1-4-5(10)6(2,3)8-9-7/h4H2,1-3H3. The summed E-state index contributed by atoms with van der Waals surface area (Å²) in [6, 6.07) is 0. The Hall–Kier alpha value is -1.02. The Labute approximate surface area is 59.9 Å². The first-order valence-electron chi connectivity index (χ1n) is 3.14. The normalized spacial score (nSPS) is 10.3. The smallest absolute Gasteiger partial charge is 0.144 e. The van der Waals surface area contributed by atoms with Crippen molar-refractivity contribution in [2.75, 3.05) is 0 Å². The second-order valence-corrected chi connectivity index (χ2v) is 2.53. The summed E-state index contributed by atoms with van der Waals surface area (Å²) in [4.78, 5) is 13.5. The zero-order chi connectivity index (χ0) is 8.20. The van der Waals surface area contributed by atoms with Crippen molar-refractivity contribution in [2.24, 2.45) is 5.11 Å². The fraction of sp³-hybridized carbons (Fsp3) is 0.833. The van der Waals surface area contributed by atoms with Crippen LogP contribution in [-0.4, -0.2) is 11.3 Å². The van der Waals surface area contributed by atoms with E-state index in [1.54, 1.807) is 20.8 Å². The van der Waals surface area contributed by atoms with Gasteiger partial charge in [0.15, 0.2) is 0 Å². The van der Waals surface area contributed by atoms with E-state index < -0.39 is 5.54 Å². The van der Waals surface area contributed by atoms with Crippen molar-refractivity contribution in [1.82, 2.24) is 0 Å². The molecule has 56 valence electrons. The molecule has 0 aliphatic heterocycles. The van der Waals surface area contributed by atoms with E-state index in [0.29, 0.717) is 6.42 Å². The lowest BCUT2D eigenvalue weighted by molar-refractivity contribution is -0.122. The van der Waals surface area contributed by atoms with Crippen molar-refractivity contribution in [3.8, 4) is 0 Å². The summed E-state index contributed by atoms with van der Waals surface area (Å²) in [5, 5.41) is 3.36. The number of carbonyl (C=O) groups is 1. The average molecular weight is 141 g/mol. The fourth-order valence-electron chi connectivity index (χ4n) is 0.600. The molecule has 0 amide bonds. The van der Waals surface area contributed by atoms with Crippen molar-refractivity contribution >= 4 is 5.78 Å². The molecule has 0 rings (SSSR count). The van der Waals surface area contributed by atoms with Crippen molar-refractivity contribution < 1.29 is 4.79 Å². The van der Waals surface area contributed by atoms with Crippen LogP contribution in [0, 0.1) is 0 Å². The van der Waals surface area contributed by atoms with E-state index in [1.165, 1.54) is 0 Å². The molecule has 0 saturated carbocycles. The van der Waals surface area contributed by atoms with E-state index in [1.807, 2.05) is 0 Å². The highest BCUT2D eigenvalue weighted by Crippen LogP contribution is 2.11. The van der Waals surface area contributed by atoms with E-state index in [2.05, 4.69) is 10.0 Å². The lowest BCUT2D eigenvalue weighted by Crippen LogP contribution is -2.27. The molecule has 0 aliphatic carbocycles. The molecule has 4 heteroatoms. The highest BCUT2D eigenvalue weighted by atomic mass is 16.1. The van der Waals surface area contributed by atoms with Crippen LogP contribution < -0.4 is 0 Å². The lowest BCUT2D eigenvalue weighted by Gasteiger charge is -2.13. The van der Waals surface area contributed by atoms with E-state index in [9.17, 15) is 4.79 Å². The largest absolute Gasteiger partial charge is 0.299 e. The SMILES string of the molecule is CCC(=O)C(C)(C)N=[N+]=[N-]. The summed E-state index contributed by atoms with van der Waals surface area (Å²) >= 11 is 0. The quantitative estimate of drug-likeness (QED) is 0.337. The van der Waals surface area contributed by atoms with Gasteiger partial charge in [0.05, 0.1) is 0 Å². The molecule has 0 radical (unpaired) electrons. The van der Waals surface area contributed by atoms with Crippen molar-refractivity contribution in [3.05, 3.63) is 10.4 Å². The molecule has 0 N–H and O–H groups in total. The molecule has 0 saturated heterocycles. The molecule has 0 aliphatic rings. The minimum atomic E-state index is -0.872. The van der Waals surface area contributed by atoms with Crippen LogP contribution in [0.25, 0.3) is 10.4 Å². The van der Waals surface area contributed by atoms with Crippen LogP contribution in [-0.2, 0) is 4.79 Å². The Morgan fingerprint density at radius 1 is 1.70 bits per heavy atom. The second-order valence-electron chi connectivity index (χ2n) is 2.53. The summed E-state index contributed by atoms with van der Waals surface area (Å²) in [5.41, 5.74) is 7.18. The van der Waals surface area contributed by atoms with Gasteiger partial charge in [-0.2, -0.15) is 0 Å². The Kier molecular flexibility index (Phi) is 2.90. The molecule has 0 spiro atoms. The molecule has 0 aromatic carbocycles. The molecule has 0 aromatic heterocycles. The number of nitrogens with zero attached hydrogens (tertiary/aromatic N) is 3. The van der Waals surface area contributed by atoms with Gasteiger partial charge in [0.2, 0.25) is 0 Å². The maximum Gasteiger partial charge on any atom is 0.144 e. The summed E-state index contributed by atoms with van der Waals surface area (Å²) in [7, 11) is 0. The summed E-state index contributed by atoms with van der Waals surface area (Å²) < 4.78 is 0. The lowest BCUT2D eigenvalue weighted by atomic mass is 9.99. The molecule has 10 heavy (non-hydrogen) atoms. The molecule has 0 fully saturated rings. The number of carbonyl (C=O) groups excluding carboxylic acids is 1. The minimum Gasteiger partial charge on any atom is -0.299 e. The van der Waals surface area contributed by atoms with E-state index >= 15 is 0 Å². The first-order chi connectivity index (χ1) is 4.54. The van der Waals surface area contributed by atoms with Crippen LogP contribution in [0.15, 0.2) is 5.11 Å². The molecule has 0 unspecified atom stereocenters. The predicted molar refractivity (Wildman–Crippen MR) is 38.5 cm³/mol. The van der Waals surface area contributed by atoms with Gasteiger partial charge < -0.3 is 0 Å². The maximum absolute atomic E-state index is 11.0. The van der Waals surface area contributed by atoms with Gasteiger partial charge in [-0.15, -0.1) is 0 Å². The van der Waals surface area contributed by atoms with Crippen LogP contribution in [0.5, 0.6) is 0 Å². The van der Waals surface area contributed by atoms with Gasteiger partial charge in [0, 0.05) is 11.3 Å². The van der Waals surface area contributed by atoms with E-state index in [4.69, 9.17) is 5.53 Å². The number of Topliss-reactive ketones (excluding diaryl/α,β-unsaturated/α-hetero) is 1. The monoisotopic (exact) mass is 141 g/mol. The first-order valence-corrected chi connectivity index (χ1v) is 3.14. The van der Waals surface area contributed by atoms with Gasteiger partial charge in [-0.1, -0.05) is 12.0 Å². The van der Waals surface area contributed by atoms with Crippen molar-refractivity contribution in [2.45, 2.75) is 32.7 Å². The van der Waals surface area contributed by atoms with E-state index in [0.717, 1.165) is 0 Å². The number of azide groups is 1. The maximum atomic E-state index is 11.0. The minimum absolute atomic E-state index is 0.0368. The Morgan fingerprint density at radius 3 is 2.50 bits per heavy atom. The average Bonchev–Trinajstić information content (AvgIpc) is 1.86. The Balaban J connectivity index is 4.38. The van der Waals surface area contributed by atoms with Crippen molar-refractivity contribution in [1.29, 1.82) is 0 Å². The van der Waals surface area contributed by atoms with E-state index in [-0.39, 0.29) is 5.78 Å². The van der Waals surface area contributed by atoms with Gasteiger partial charge in [0.25, 0.3) is 0 Å². The number of hydrogen-bond donors (Lipinski definition) is 0. The van der Waals surface area contributed by atoms with Crippen LogP contribution >= 0.6 is 0 Å². The van der Waals surface area contributed by atoms with Gasteiger partial charge in [0.1, 0.15) is 11.3 Å². The third-order valence-electron chi connectivity index (χ3n) is 1.30. The summed E-state index contributed by atoms with van der Waals surface area (Å²) in [5.74, 6) is -0.0368. The zero-order valence-electron chi connectivity index (χ0n) is 6.46. The third kappa shape index (κ3) is 2.07. The van der Waals surface area contributed by atoms with Gasteiger partial charge in [-0.3, -0.25) is 4.79 Å². The van der Waals surface area contributed by atoms with Crippen LogP contribution in [0.2, 0.25) is 0 Å². The van der Waals surface area contributed by atoms with Crippen LogP contribution in [0.4, 0.5) is 0 Å². The van der Waals surface area contributed by atoms with Crippen LogP contribution in [0.1, 0.15) is 27.2 Å². The second kappa shape index (κ2) is 3.22. The van der Waals surface area contributed by atoms with Gasteiger partial charge >= 0.3 is 0 Å². The highest BCUT2D eigenvalue weighted by Gasteiger charge is 2.23. The van der Waals surface area contributed by atoms with Gasteiger partial charge in [-0.25, -0.2) is 0 Å². The molecule has 4 nitrogen and oxygen atoms in total. The summed E-state index contributed by atoms with van der Waals surface area (Å²) in [6.45, 7) is 4.97. The molecular formula is C6H11N3O. The molecular weight excluding hydrogens is 130 g/mol. The molecule has 0 atom stereocenters. The Morgan fingerprint density at radius 2 is 2.20 bits per heavy atom. The highest BCUT2D eigenvalue weighted by molar-refractivity contribution is 5.87.